The van der Waals surface area contributed by atoms with Crippen LogP contribution in [-0.4, -0.2) is 34.9 Å². The van der Waals surface area contributed by atoms with Crippen molar-refractivity contribution in [3.05, 3.63) is 59.1 Å². The summed E-state index contributed by atoms with van der Waals surface area (Å²) in [5.41, 5.74) is 2.32. The SMILES string of the molecule is CC(=O)NC(CC(=O)Nc1nc2ccccc2nc1N1CCCC1)c1ccc(Cl)cc1. The van der Waals surface area contributed by atoms with E-state index in [0.717, 1.165) is 42.5 Å². The van der Waals surface area contributed by atoms with Crippen LogP contribution in [0.1, 0.15) is 37.8 Å². The summed E-state index contributed by atoms with van der Waals surface area (Å²) in [6.07, 6.45) is 2.24. The predicted molar refractivity (Wildman–Crippen MR) is 122 cm³/mol. The predicted octanol–water partition coefficient (Wildman–Crippen LogP) is 4.09. The van der Waals surface area contributed by atoms with Gasteiger partial charge in [0.15, 0.2) is 11.6 Å². The van der Waals surface area contributed by atoms with Gasteiger partial charge in [-0.1, -0.05) is 35.9 Å². The van der Waals surface area contributed by atoms with Crippen molar-refractivity contribution in [2.24, 2.45) is 0 Å². The lowest BCUT2D eigenvalue weighted by atomic mass is 10.0. The first-order chi connectivity index (χ1) is 15.0. The summed E-state index contributed by atoms with van der Waals surface area (Å²) < 4.78 is 0. The number of aromatic nitrogens is 2. The molecule has 2 N–H and O–H groups in total. The van der Waals surface area contributed by atoms with Crippen LogP contribution in [0.4, 0.5) is 11.6 Å². The second-order valence-electron chi connectivity index (χ2n) is 7.64. The van der Waals surface area contributed by atoms with Crippen molar-refractivity contribution in [3.8, 4) is 0 Å². The third-order valence-electron chi connectivity index (χ3n) is 5.25. The van der Waals surface area contributed by atoms with E-state index in [2.05, 4.69) is 20.5 Å². The minimum absolute atomic E-state index is 0.0646. The highest BCUT2D eigenvalue weighted by Crippen LogP contribution is 2.28. The zero-order chi connectivity index (χ0) is 21.8. The molecule has 3 aromatic rings. The lowest BCUT2D eigenvalue weighted by Gasteiger charge is -2.21. The van der Waals surface area contributed by atoms with E-state index in [1.807, 2.05) is 36.4 Å². The normalized spacial score (nSPS) is 14.5. The maximum Gasteiger partial charge on any atom is 0.228 e. The largest absolute Gasteiger partial charge is 0.354 e. The van der Waals surface area contributed by atoms with Crippen molar-refractivity contribution in [1.82, 2.24) is 15.3 Å². The number of hydrogen-bond acceptors (Lipinski definition) is 5. The van der Waals surface area contributed by atoms with Crippen LogP contribution in [0, 0.1) is 0 Å². The smallest absolute Gasteiger partial charge is 0.228 e. The Hall–Kier alpha value is -3.19. The van der Waals surface area contributed by atoms with Crippen LogP contribution in [0.15, 0.2) is 48.5 Å². The molecule has 1 aromatic heterocycles. The van der Waals surface area contributed by atoms with Crippen LogP contribution >= 0.6 is 11.6 Å². The average Bonchev–Trinajstić information content (AvgIpc) is 3.27. The molecule has 1 saturated heterocycles. The minimum atomic E-state index is -0.474. The van der Waals surface area contributed by atoms with Gasteiger partial charge in [0.25, 0.3) is 0 Å². The van der Waals surface area contributed by atoms with Crippen LogP contribution in [0.25, 0.3) is 11.0 Å². The summed E-state index contributed by atoms with van der Waals surface area (Å²) in [7, 11) is 0. The van der Waals surface area contributed by atoms with Crippen molar-refractivity contribution >= 4 is 46.1 Å². The molecule has 0 radical (unpaired) electrons. The molecule has 1 aliphatic heterocycles. The van der Waals surface area contributed by atoms with Crippen molar-refractivity contribution in [2.75, 3.05) is 23.3 Å². The van der Waals surface area contributed by atoms with Crippen LogP contribution < -0.4 is 15.5 Å². The Morgan fingerprint density at radius 1 is 1.03 bits per heavy atom. The van der Waals surface area contributed by atoms with Gasteiger partial charge in [-0.3, -0.25) is 9.59 Å². The molecule has 0 aliphatic carbocycles. The first-order valence-electron chi connectivity index (χ1n) is 10.3. The Morgan fingerprint density at radius 2 is 1.68 bits per heavy atom. The number of anilines is 2. The Morgan fingerprint density at radius 3 is 2.32 bits per heavy atom. The number of rotatable bonds is 6. The second kappa shape index (κ2) is 9.31. The standard InChI is InChI=1S/C23H24ClN5O2/c1-15(30)25-20(16-8-10-17(24)11-9-16)14-21(31)28-22-23(29-12-4-5-13-29)27-19-7-3-2-6-18(19)26-22/h2-3,6-11,20H,4-5,12-14H2,1H3,(H,25,30)(H,26,28,31). The molecule has 2 heterocycles. The Labute approximate surface area is 185 Å². The van der Waals surface area contributed by atoms with Gasteiger partial charge in [-0.05, 0) is 42.7 Å². The number of carbonyl (C=O) groups is 2. The number of halogens is 1. The summed E-state index contributed by atoms with van der Waals surface area (Å²) >= 11 is 5.98. The van der Waals surface area contributed by atoms with E-state index in [9.17, 15) is 9.59 Å². The molecule has 1 unspecified atom stereocenters. The summed E-state index contributed by atoms with van der Waals surface area (Å²) in [5, 5.41) is 6.37. The maximum atomic E-state index is 13.0. The van der Waals surface area contributed by atoms with E-state index in [0.29, 0.717) is 16.7 Å². The molecule has 31 heavy (non-hydrogen) atoms. The number of hydrogen-bond donors (Lipinski definition) is 2. The number of para-hydroxylation sites is 2. The number of benzene rings is 2. The molecule has 8 heteroatoms. The monoisotopic (exact) mass is 437 g/mol. The highest BCUT2D eigenvalue weighted by atomic mass is 35.5. The molecule has 2 aromatic carbocycles. The van der Waals surface area contributed by atoms with Gasteiger partial charge in [0.1, 0.15) is 0 Å². The number of fused-ring (bicyclic) bond motifs is 1. The molecular formula is C23H24ClN5O2. The first-order valence-corrected chi connectivity index (χ1v) is 10.7. The molecular weight excluding hydrogens is 414 g/mol. The van der Waals surface area contributed by atoms with Crippen molar-refractivity contribution in [1.29, 1.82) is 0 Å². The number of nitrogens with one attached hydrogen (secondary N) is 2. The highest BCUT2D eigenvalue weighted by Gasteiger charge is 2.23. The number of carbonyl (C=O) groups excluding carboxylic acids is 2. The van der Waals surface area contributed by atoms with Gasteiger partial charge in [0.05, 0.1) is 23.5 Å². The average molecular weight is 438 g/mol. The van der Waals surface area contributed by atoms with Crippen LogP contribution in [0.2, 0.25) is 5.02 Å². The van der Waals surface area contributed by atoms with Gasteiger partial charge in [-0.15, -0.1) is 0 Å². The quantitative estimate of drug-likeness (QED) is 0.606. The summed E-state index contributed by atoms with van der Waals surface area (Å²) in [6, 6.07) is 14.2. The molecule has 0 saturated carbocycles. The maximum absolute atomic E-state index is 13.0. The van der Waals surface area contributed by atoms with Gasteiger partial charge in [0.2, 0.25) is 11.8 Å². The molecule has 160 valence electrons. The van der Waals surface area contributed by atoms with E-state index in [4.69, 9.17) is 16.6 Å². The fourth-order valence-corrected chi connectivity index (χ4v) is 3.91. The Bertz CT molecular complexity index is 1100. The summed E-state index contributed by atoms with van der Waals surface area (Å²) in [6.45, 7) is 3.20. The van der Waals surface area contributed by atoms with Crippen LogP contribution in [0.3, 0.4) is 0 Å². The fraction of sp³-hybridized carbons (Fsp3) is 0.304. The van der Waals surface area contributed by atoms with Gasteiger partial charge < -0.3 is 15.5 Å². The Balaban J connectivity index is 1.59. The number of nitrogens with zero attached hydrogens (tertiary/aromatic N) is 3. The third-order valence-corrected chi connectivity index (χ3v) is 5.51. The van der Waals surface area contributed by atoms with Crippen LogP contribution in [0.5, 0.6) is 0 Å². The van der Waals surface area contributed by atoms with Crippen molar-refractivity contribution in [2.45, 2.75) is 32.2 Å². The topological polar surface area (TPSA) is 87.2 Å². The summed E-state index contributed by atoms with van der Waals surface area (Å²) in [4.78, 5) is 36.3. The Kier molecular flexibility index (Phi) is 6.32. The highest BCUT2D eigenvalue weighted by molar-refractivity contribution is 6.30. The zero-order valence-electron chi connectivity index (χ0n) is 17.3. The molecule has 1 atom stereocenters. The van der Waals surface area contributed by atoms with Gasteiger partial charge in [-0.2, -0.15) is 0 Å². The van der Waals surface area contributed by atoms with E-state index in [-0.39, 0.29) is 18.2 Å². The zero-order valence-corrected chi connectivity index (χ0v) is 18.0. The second-order valence-corrected chi connectivity index (χ2v) is 8.07. The molecule has 1 fully saturated rings. The molecule has 7 nitrogen and oxygen atoms in total. The lowest BCUT2D eigenvalue weighted by molar-refractivity contribution is -0.120. The fourth-order valence-electron chi connectivity index (χ4n) is 3.79. The third kappa shape index (κ3) is 5.11. The van der Waals surface area contributed by atoms with Crippen LogP contribution in [-0.2, 0) is 9.59 Å². The van der Waals surface area contributed by atoms with Gasteiger partial charge in [0, 0.05) is 25.0 Å². The van der Waals surface area contributed by atoms with E-state index >= 15 is 0 Å². The van der Waals surface area contributed by atoms with Crippen molar-refractivity contribution < 1.29 is 9.59 Å². The van der Waals surface area contributed by atoms with E-state index < -0.39 is 6.04 Å². The molecule has 0 spiro atoms. The first kappa shape index (κ1) is 21.1. The van der Waals surface area contributed by atoms with E-state index in [1.54, 1.807) is 12.1 Å². The minimum Gasteiger partial charge on any atom is -0.354 e. The van der Waals surface area contributed by atoms with Gasteiger partial charge in [-0.25, -0.2) is 9.97 Å². The number of amides is 2. The summed E-state index contributed by atoms with van der Waals surface area (Å²) in [5.74, 6) is 0.671. The van der Waals surface area contributed by atoms with E-state index in [1.165, 1.54) is 6.92 Å². The molecule has 0 bridgehead atoms. The molecule has 1 aliphatic rings. The van der Waals surface area contributed by atoms with Crippen molar-refractivity contribution in [3.63, 3.8) is 0 Å². The molecule has 2 amide bonds. The van der Waals surface area contributed by atoms with Gasteiger partial charge >= 0.3 is 0 Å². The lowest BCUT2D eigenvalue weighted by Crippen LogP contribution is -2.30. The molecule has 4 rings (SSSR count).